The highest BCUT2D eigenvalue weighted by molar-refractivity contribution is 9.10. The van der Waals surface area contributed by atoms with E-state index >= 15 is 0 Å². The molecule has 1 amide bonds. The number of benzene rings is 2. The number of amides is 1. The molecule has 0 radical (unpaired) electrons. The number of hydrogen-bond donors (Lipinski definition) is 1. The number of para-hydroxylation sites is 2. The number of furan rings is 1. The minimum absolute atomic E-state index is 0.0400. The molecule has 0 bridgehead atoms. The molecule has 1 heterocycles. The monoisotopic (exact) mass is 403 g/mol. The van der Waals surface area contributed by atoms with Gasteiger partial charge in [0, 0.05) is 9.86 Å². The van der Waals surface area contributed by atoms with E-state index in [2.05, 4.69) is 21.2 Å². The summed E-state index contributed by atoms with van der Waals surface area (Å²) in [5.41, 5.74) is 1.06. The summed E-state index contributed by atoms with van der Waals surface area (Å²) in [5.74, 6) is -0.623. The molecule has 0 aliphatic rings. The van der Waals surface area contributed by atoms with E-state index in [1.165, 1.54) is 7.11 Å². The number of nitrogens with one attached hydrogen (secondary N) is 1. The van der Waals surface area contributed by atoms with Gasteiger partial charge in [0.25, 0.3) is 5.91 Å². The van der Waals surface area contributed by atoms with Gasteiger partial charge in [-0.1, -0.05) is 28.1 Å². The van der Waals surface area contributed by atoms with Gasteiger partial charge in [0.2, 0.25) is 5.76 Å². The highest BCUT2D eigenvalue weighted by Gasteiger charge is 2.16. The van der Waals surface area contributed by atoms with E-state index in [0.717, 1.165) is 9.86 Å². The Labute approximate surface area is 151 Å². The standard InChI is InChI=1S/C18H14BrNO5/c1-23-15-5-3-2-4-13(15)20-17(21)10-24-18(22)16-9-11-8-12(19)6-7-14(11)25-16/h2-9H,10H2,1H3,(H,20,21). The van der Waals surface area contributed by atoms with E-state index in [0.29, 0.717) is 17.0 Å². The van der Waals surface area contributed by atoms with Crippen molar-refractivity contribution < 1.29 is 23.5 Å². The van der Waals surface area contributed by atoms with Crippen LogP contribution in [0.3, 0.4) is 0 Å². The molecule has 1 N–H and O–H groups in total. The molecule has 2 aromatic carbocycles. The van der Waals surface area contributed by atoms with E-state index in [1.54, 1.807) is 36.4 Å². The summed E-state index contributed by atoms with van der Waals surface area (Å²) in [6.07, 6.45) is 0. The second-order valence-corrected chi connectivity index (χ2v) is 6.03. The van der Waals surface area contributed by atoms with E-state index in [1.807, 2.05) is 12.1 Å². The molecule has 0 aliphatic carbocycles. The van der Waals surface area contributed by atoms with Gasteiger partial charge in [0.15, 0.2) is 6.61 Å². The van der Waals surface area contributed by atoms with Crippen LogP contribution in [-0.2, 0) is 9.53 Å². The fourth-order valence-corrected chi connectivity index (χ4v) is 2.63. The van der Waals surface area contributed by atoms with Crippen LogP contribution in [0, 0.1) is 0 Å². The van der Waals surface area contributed by atoms with E-state index in [4.69, 9.17) is 13.9 Å². The van der Waals surface area contributed by atoms with Crippen LogP contribution in [0.4, 0.5) is 5.69 Å². The van der Waals surface area contributed by atoms with Crippen LogP contribution in [-0.4, -0.2) is 25.6 Å². The highest BCUT2D eigenvalue weighted by Crippen LogP contribution is 2.24. The second-order valence-electron chi connectivity index (χ2n) is 5.12. The number of ether oxygens (including phenoxy) is 2. The maximum Gasteiger partial charge on any atom is 0.374 e. The predicted octanol–water partition coefficient (Wildman–Crippen LogP) is 4.00. The Balaban J connectivity index is 1.62. The number of methoxy groups -OCH3 is 1. The van der Waals surface area contributed by atoms with Gasteiger partial charge in [-0.25, -0.2) is 4.79 Å². The van der Waals surface area contributed by atoms with Crippen LogP contribution in [0.5, 0.6) is 5.75 Å². The van der Waals surface area contributed by atoms with Crippen LogP contribution in [0.2, 0.25) is 0 Å². The van der Waals surface area contributed by atoms with Crippen LogP contribution in [0.15, 0.2) is 57.4 Å². The van der Waals surface area contributed by atoms with Crippen molar-refractivity contribution in [3.05, 3.63) is 58.8 Å². The molecule has 7 heteroatoms. The molecule has 0 spiro atoms. The lowest BCUT2D eigenvalue weighted by atomic mass is 10.2. The second kappa shape index (κ2) is 7.40. The summed E-state index contributed by atoms with van der Waals surface area (Å²) >= 11 is 3.35. The highest BCUT2D eigenvalue weighted by atomic mass is 79.9. The molecule has 0 fully saturated rings. The van der Waals surface area contributed by atoms with Gasteiger partial charge < -0.3 is 19.2 Å². The van der Waals surface area contributed by atoms with Crippen molar-refractivity contribution in [2.24, 2.45) is 0 Å². The maximum atomic E-state index is 12.0. The van der Waals surface area contributed by atoms with Crippen molar-refractivity contribution in [1.82, 2.24) is 0 Å². The third-order valence-electron chi connectivity index (χ3n) is 3.39. The first kappa shape index (κ1) is 17.0. The summed E-state index contributed by atoms with van der Waals surface area (Å²) in [6.45, 7) is -0.433. The Hall–Kier alpha value is -2.80. The van der Waals surface area contributed by atoms with Gasteiger partial charge in [-0.3, -0.25) is 4.79 Å². The first-order chi connectivity index (χ1) is 12.1. The molecule has 3 rings (SSSR count). The summed E-state index contributed by atoms with van der Waals surface area (Å²) in [5, 5.41) is 3.39. The summed E-state index contributed by atoms with van der Waals surface area (Å²) < 4.78 is 16.4. The first-order valence-electron chi connectivity index (χ1n) is 7.36. The smallest absolute Gasteiger partial charge is 0.374 e. The lowest BCUT2D eigenvalue weighted by molar-refractivity contribution is -0.119. The van der Waals surface area contributed by atoms with Crippen LogP contribution >= 0.6 is 15.9 Å². The zero-order valence-electron chi connectivity index (χ0n) is 13.2. The number of hydrogen-bond acceptors (Lipinski definition) is 5. The van der Waals surface area contributed by atoms with Crippen molar-refractivity contribution in [2.45, 2.75) is 0 Å². The van der Waals surface area contributed by atoms with Gasteiger partial charge >= 0.3 is 5.97 Å². The number of rotatable bonds is 5. The maximum absolute atomic E-state index is 12.0. The molecule has 6 nitrogen and oxygen atoms in total. The largest absolute Gasteiger partial charge is 0.495 e. The molecule has 0 aliphatic heterocycles. The molecule has 3 aromatic rings. The Morgan fingerprint density at radius 2 is 1.96 bits per heavy atom. The molecule has 1 aromatic heterocycles. The van der Waals surface area contributed by atoms with Crippen molar-refractivity contribution >= 4 is 44.5 Å². The number of fused-ring (bicyclic) bond motifs is 1. The Kier molecular flexibility index (Phi) is 5.04. The molecule has 0 unspecified atom stereocenters. The molecule has 25 heavy (non-hydrogen) atoms. The van der Waals surface area contributed by atoms with Gasteiger partial charge in [-0.05, 0) is 36.4 Å². The number of carbonyl (C=O) groups excluding carboxylic acids is 2. The van der Waals surface area contributed by atoms with Gasteiger partial charge in [0.05, 0.1) is 12.8 Å². The average Bonchev–Trinajstić information content (AvgIpc) is 3.03. The third-order valence-corrected chi connectivity index (χ3v) is 3.89. The summed E-state index contributed by atoms with van der Waals surface area (Å²) in [4.78, 5) is 24.0. The van der Waals surface area contributed by atoms with Gasteiger partial charge in [-0.15, -0.1) is 0 Å². The zero-order valence-corrected chi connectivity index (χ0v) is 14.8. The molecular weight excluding hydrogens is 390 g/mol. The van der Waals surface area contributed by atoms with Crippen LogP contribution < -0.4 is 10.1 Å². The molecule has 128 valence electrons. The number of carbonyl (C=O) groups is 2. The van der Waals surface area contributed by atoms with E-state index in [-0.39, 0.29) is 5.76 Å². The van der Waals surface area contributed by atoms with E-state index < -0.39 is 18.5 Å². The fraction of sp³-hybridized carbons (Fsp3) is 0.111. The lowest BCUT2D eigenvalue weighted by Gasteiger charge is -2.09. The Bertz CT molecular complexity index is 934. The van der Waals surface area contributed by atoms with Crippen LogP contribution in [0.1, 0.15) is 10.6 Å². The normalized spacial score (nSPS) is 10.5. The molecule has 0 atom stereocenters. The average molecular weight is 404 g/mol. The number of anilines is 1. The summed E-state index contributed by atoms with van der Waals surface area (Å²) in [6, 6.07) is 13.9. The third kappa shape index (κ3) is 4.00. The van der Waals surface area contributed by atoms with Crippen molar-refractivity contribution in [3.63, 3.8) is 0 Å². The number of halogens is 1. The minimum atomic E-state index is -0.706. The molecule has 0 saturated carbocycles. The first-order valence-corrected chi connectivity index (χ1v) is 8.15. The predicted molar refractivity (Wildman–Crippen MR) is 95.8 cm³/mol. The lowest BCUT2D eigenvalue weighted by Crippen LogP contribution is -2.21. The van der Waals surface area contributed by atoms with Crippen molar-refractivity contribution in [1.29, 1.82) is 0 Å². The summed E-state index contributed by atoms with van der Waals surface area (Å²) in [7, 11) is 1.50. The Morgan fingerprint density at radius 1 is 1.16 bits per heavy atom. The van der Waals surface area contributed by atoms with Crippen molar-refractivity contribution in [2.75, 3.05) is 19.0 Å². The number of esters is 1. The minimum Gasteiger partial charge on any atom is -0.495 e. The zero-order chi connectivity index (χ0) is 17.8. The SMILES string of the molecule is COc1ccccc1NC(=O)COC(=O)c1cc2cc(Br)ccc2o1. The van der Waals surface area contributed by atoms with E-state index in [9.17, 15) is 9.59 Å². The van der Waals surface area contributed by atoms with Gasteiger partial charge in [0.1, 0.15) is 11.3 Å². The van der Waals surface area contributed by atoms with Gasteiger partial charge in [-0.2, -0.15) is 0 Å². The van der Waals surface area contributed by atoms with Crippen LogP contribution in [0.25, 0.3) is 11.0 Å². The molecule has 0 saturated heterocycles. The topological polar surface area (TPSA) is 77.8 Å². The quantitative estimate of drug-likeness (QED) is 0.651. The van der Waals surface area contributed by atoms with Crippen molar-refractivity contribution in [3.8, 4) is 5.75 Å². The Morgan fingerprint density at radius 3 is 2.76 bits per heavy atom. The fourth-order valence-electron chi connectivity index (χ4n) is 2.25. The molecular formula is C18H14BrNO5.